The summed E-state index contributed by atoms with van der Waals surface area (Å²) >= 11 is 0. The number of hydrogen-bond acceptors (Lipinski definition) is 6. The summed E-state index contributed by atoms with van der Waals surface area (Å²) in [6, 6.07) is 0. The SMILES string of the molecule is COC1C(OC)[C@H](O)C(CO)O[C@H]1OC. The minimum Gasteiger partial charge on any atom is -0.394 e. The fourth-order valence-electron chi connectivity index (χ4n) is 1.75. The first kappa shape index (κ1) is 12.8. The molecule has 3 unspecified atom stereocenters. The quantitative estimate of drug-likeness (QED) is 0.618. The van der Waals surface area contributed by atoms with Crippen LogP contribution in [-0.4, -0.2) is 68.9 Å². The number of hydrogen-bond donors (Lipinski definition) is 2. The molecule has 90 valence electrons. The monoisotopic (exact) mass is 222 g/mol. The van der Waals surface area contributed by atoms with E-state index in [-0.39, 0.29) is 6.61 Å². The lowest BCUT2D eigenvalue weighted by Crippen LogP contribution is -2.60. The Labute approximate surface area is 88.7 Å². The van der Waals surface area contributed by atoms with Gasteiger partial charge in [0.1, 0.15) is 24.4 Å². The van der Waals surface area contributed by atoms with Crippen LogP contribution < -0.4 is 0 Å². The second kappa shape index (κ2) is 5.74. The average molecular weight is 222 g/mol. The fourth-order valence-corrected chi connectivity index (χ4v) is 1.75. The van der Waals surface area contributed by atoms with Crippen molar-refractivity contribution in [3.63, 3.8) is 0 Å². The third-order valence-corrected chi connectivity index (χ3v) is 2.58. The summed E-state index contributed by atoms with van der Waals surface area (Å²) in [5.41, 5.74) is 0. The Morgan fingerprint density at radius 2 is 1.67 bits per heavy atom. The van der Waals surface area contributed by atoms with Crippen LogP contribution in [0.1, 0.15) is 0 Å². The van der Waals surface area contributed by atoms with Gasteiger partial charge >= 0.3 is 0 Å². The van der Waals surface area contributed by atoms with Gasteiger partial charge < -0.3 is 29.2 Å². The number of rotatable bonds is 4. The average Bonchev–Trinajstić information content (AvgIpc) is 2.28. The molecule has 0 saturated carbocycles. The van der Waals surface area contributed by atoms with Crippen molar-refractivity contribution < 1.29 is 29.2 Å². The highest BCUT2D eigenvalue weighted by atomic mass is 16.7. The molecule has 0 amide bonds. The molecule has 0 radical (unpaired) electrons. The van der Waals surface area contributed by atoms with Crippen molar-refractivity contribution in [2.75, 3.05) is 27.9 Å². The third-order valence-electron chi connectivity index (χ3n) is 2.58. The van der Waals surface area contributed by atoms with Crippen molar-refractivity contribution in [1.82, 2.24) is 0 Å². The van der Waals surface area contributed by atoms with E-state index in [1.807, 2.05) is 0 Å². The summed E-state index contributed by atoms with van der Waals surface area (Å²) in [7, 11) is 4.42. The van der Waals surface area contributed by atoms with Crippen molar-refractivity contribution in [3.05, 3.63) is 0 Å². The molecular weight excluding hydrogens is 204 g/mol. The molecule has 1 saturated heterocycles. The molecule has 1 aliphatic rings. The van der Waals surface area contributed by atoms with E-state index in [1.54, 1.807) is 0 Å². The minimum atomic E-state index is -0.934. The van der Waals surface area contributed by atoms with E-state index in [4.69, 9.17) is 24.1 Å². The second-order valence-electron chi connectivity index (χ2n) is 3.35. The Bertz CT molecular complexity index is 187. The predicted molar refractivity (Wildman–Crippen MR) is 50.4 cm³/mol. The summed E-state index contributed by atoms with van der Waals surface area (Å²) in [5.74, 6) is 0. The van der Waals surface area contributed by atoms with Crippen molar-refractivity contribution in [2.45, 2.75) is 30.7 Å². The minimum absolute atomic E-state index is 0.294. The molecule has 6 heteroatoms. The van der Waals surface area contributed by atoms with Crippen molar-refractivity contribution in [2.24, 2.45) is 0 Å². The summed E-state index contributed by atoms with van der Waals surface area (Å²) < 4.78 is 20.6. The van der Waals surface area contributed by atoms with Gasteiger partial charge in [-0.15, -0.1) is 0 Å². The molecule has 1 rings (SSSR count). The maximum atomic E-state index is 9.80. The maximum Gasteiger partial charge on any atom is 0.186 e. The highest BCUT2D eigenvalue weighted by Gasteiger charge is 2.45. The molecule has 5 atom stereocenters. The van der Waals surface area contributed by atoms with Crippen molar-refractivity contribution >= 4 is 0 Å². The molecule has 6 nitrogen and oxygen atoms in total. The van der Waals surface area contributed by atoms with Crippen LogP contribution in [0.5, 0.6) is 0 Å². The molecule has 0 aromatic heterocycles. The zero-order valence-corrected chi connectivity index (χ0v) is 9.12. The predicted octanol–water partition coefficient (Wildman–Crippen LogP) is -1.26. The van der Waals surface area contributed by atoms with E-state index >= 15 is 0 Å². The molecule has 0 bridgehead atoms. The first-order chi connectivity index (χ1) is 7.19. The van der Waals surface area contributed by atoms with E-state index in [0.717, 1.165) is 0 Å². The number of aliphatic hydroxyl groups is 2. The van der Waals surface area contributed by atoms with Gasteiger partial charge in [-0.25, -0.2) is 0 Å². The van der Waals surface area contributed by atoms with Crippen LogP contribution >= 0.6 is 0 Å². The molecule has 1 heterocycles. The van der Waals surface area contributed by atoms with Crippen LogP contribution in [-0.2, 0) is 18.9 Å². The van der Waals surface area contributed by atoms with Gasteiger partial charge in [0, 0.05) is 21.3 Å². The topological polar surface area (TPSA) is 77.4 Å². The summed E-state index contributed by atoms with van der Waals surface area (Å²) in [6.07, 6.45) is -3.40. The summed E-state index contributed by atoms with van der Waals surface area (Å²) in [5, 5.41) is 18.8. The normalized spacial score (nSPS) is 41.8. The first-order valence-electron chi connectivity index (χ1n) is 4.72. The number of methoxy groups -OCH3 is 3. The van der Waals surface area contributed by atoms with Crippen LogP contribution in [0, 0.1) is 0 Å². The molecule has 1 aliphatic heterocycles. The van der Waals surface area contributed by atoms with Crippen molar-refractivity contribution in [3.8, 4) is 0 Å². The third kappa shape index (κ3) is 2.47. The fraction of sp³-hybridized carbons (Fsp3) is 1.00. The van der Waals surface area contributed by atoms with Gasteiger partial charge in [0.15, 0.2) is 6.29 Å². The van der Waals surface area contributed by atoms with Gasteiger partial charge in [0.2, 0.25) is 0 Å². The first-order valence-corrected chi connectivity index (χ1v) is 4.72. The second-order valence-corrected chi connectivity index (χ2v) is 3.35. The number of aliphatic hydroxyl groups excluding tert-OH is 2. The lowest BCUT2D eigenvalue weighted by atomic mass is 9.99. The van der Waals surface area contributed by atoms with Gasteiger partial charge in [-0.2, -0.15) is 0 Å². The van der Waals surface area contributed by atoms with Crippen LogP contribution in [0.3, 0.4) is 0 Å². The Morgan fingerprint density at radius 3 is 2.07 bits per heavy atom. The lowest BCUT2D eigenvalue weighted by molar-refractivity contribution is -0.303. The molecule has 0 aromatic carbocycles. The molecular formula is C9H18O6. The molecule has 0 spiro atoms. The van der Waals surface area contributed by atoms with E-state index < -0.39 is 30.7 Å². The Hall–Kier alpha value is -0.240. The lowest BCUT2D eigenvalue weighted by Gasteiger charge is -2.42. The zero-order valence-electron chi connectivity index (χ0n) is 9.12. The summed E-state index contributed by atoms with van der Waals surface area (Å²) in [6.45, 7) is -0.294. The van der Waals surface area contributed by atoms with Crippen molar-refractivity contribution in [1.29, 1.82) is 0 Å². The van der Waals surface area contributed by atoms with Gasteiger partial charge in [0.05, 0.1) is 6.61 Å². The molecule has 1 fully saturated rings. The maximum absolute atomic E-state index is 9.80. The van der Waals surface area contributed by atoms with E-state index in [9.17, 15) is 5.11 Å². The van der Waals surface area contributed by atoms with Gasteiger partial charge in [0.25, 0.3) is 0 Å². The highest BCUT2D eigenvalue weighted by molar-refractivity contribution is 4.90. The summed E-state index contributed by atoms with van der Waals surface area (Å²) in [4.78, 5) is 0. The van der Waals surface area contributed by atoms with Crippen LogP contribution in [0.4, 0.5) is 0 Å². The van der Waals surface area contributed by atoms with Gasteiger partial charge in [-0.05, 0) is 0 Å². The van der Waals surface area contributed by atoms with Gasteiger partial charge in [-0.3, -0.25) is 0 Å². The Kier molecular flexibility index (Phi) is 4.91. The zero-order chi connectivity index (χ0) is 11.4. The standard InChI is InChI=1S/C9H18O6/c1-12-7-6(11)5(4-10)15-9(14-3)8(7)13-2/h5-11H,4H2,1-3H3/t5?,6-,7?,8?,9-/m1/s1. The van der Waals surface area contributed by atoms with E-state index in [1.165, 1.54) is 21.3 Å². The van der Waals surface area contributed by atoms with Crippen LogP contribution in [0.2, 0.25) is 0 Å². The Morgan fingerprint density at radius 1 is 1.07 bits per heavy atom. The molecule has 0 aromatic rings. The van der Waals surface area contributed by atoms with Gasteiger partial charge in [-0.1, -0.05) is 0 Å². The van der Waals surface area contributed by atoms with E-state index in [2.05, 4.69) is 0 Å². The molecule has 2 N–H and O–H groups in total. The Balaban J connectivity index is 2.78. The smallest absolute Gasteiger partial charge is 0.186 e. The highest BCUT2D eigenvalue weighted by Crippen LogP contribution is 2.25. The van der Waals surface area contributed by atoms with Crippen LogP contribution in [0.15, 0.2) is 0 Å². The molecule has 15 heavy (non-hydrogen) atoms. The van der Waals surface area contributed by atoms with E-state index in [0.29, 0.717) is 0 Å². The molecule has 0 aliphatic carbocycles. The van der Waals surface area contributed by atoms with Crippen LogP contribution in [0.25, 0.3) is 0 Å². The largest absolute Gasteiger partial charge is 0.394 e. The number of ether oxygens (including phenoxy) is 4.